The van der Waals surface area contributed by atoms with Crippen LogP contribution in [0.15, 0.2) is 22.7 Å². The average Bonchev–Trinajstić information content (AvgIpc) is 2.16. The average molecular weight is 287 g/mol. The molecule has 1 N–H and O–H groups in total. The van der Waals surface area contributed by atoms with Crippen LogP contribution in [0.1, 0.15) is 20.3 Å². The van der Waals surface area contributed by atoms with Gasteiger partial charge in [-0.15, -0.1) is 0 Å². The molecule has 0 radical (unpaired) electrons. The molecule has 0 aliphatic carbocycles. The molecule has 5 heteroatoms. The maximum Gasteiger partial charge on any atom is 0.292 e. The Morgan fingerprint density at radius 2 is 2.19 bits per heavy atom. The SMILES string of the molecule is CC(C)CCNc1cc(Br)ccc1[N+](=O)[O-]. The van der Waals surface area contributed by atoms with Crippen LogP contribution >= 0.6 is 15.9 Å². The number of halogens is 1. The molecule has 0 amide bonds. The first-order chi connectivity index (χ1) is 7.50. The van der Waals surface area contributed by atoms with Crippen molar-refractivity contribution in [2.24, 2.45) is 5.92 Å². The summed E-state index contributed by atoms with van der Waals surface area (Å²) in [5, 5.41) is 13.9. The number of hydrogen-bond acceptors (Lipinski definition) is 3. The standard InChI is InChI=1S/C11H15BrN2O2/c1-8(2)5-6-13-10-7-9(12)3-4-11(10)14(15)16/h3-4,7-8,13H,5-6H2,1-2H3. The molecule has 0 aliphatic rings. The van der Waals surface area contributed by atoms with Crippen molar-refractivity contribution in [3.05, 3.63) is 32.8 Å². The number of nitrogens with one attached hydrogen (secondary N) is 1. The fourth-order valence-corrected chi connectivity index (χ4v) is 1.67. The van der Waals surface area contributed by atoms with E-state index in [2.05, 4.69) is 35.1 Å². The third kappa shape index (κ3) is 3.81. The van der Waals surface area contributed by atoms with Gasteiger partial charge in [0.05, 0.1) is 4.92 Å². The van der Waals surface area contributed by atoms with Gasteiger partial charge in [0, 0.05) is 17.1 Å². The van der Waals surface area contributed by atoms with Gasteiger partial charge in [-0.05, 0) is 24.5 Å². The number of benzene rings is 1. The van der Waals surface area contributed by atoms with E-state index in [9.17, 15) is 10.1 Å². The molecular formula is C11H15BrN2O2. The Labute approximate surface area is 103 Å². The van der Waals surface area contributed by atoms with Crippen LogP contribution in [0, 0.1) is 16.0 Å². The fourth-order valence-electron chi connectivity index (χ4n) is 1.30. The highest BCUT2D eigenvalue weighted by atomic mass is 79.9. The van der Waals surface area contributed by atoms with E-state index in [1.165, 1.54) is 6.07 Å². The first-order valence-electron chi connectivity index (χ1n) is 5.18. The molecule has 1 aromatic rings. The minimum absolute atomic E-state index is 0.118. The normalized spacial score (nSPS) is 10.5. The van der Waals surface area contributed by atoms with Crippen molar-refractivity contribution in [2.45, 2.75) is 20.3 Å². The third-order valence-corrected chi connectivity index (χ3v) is 2.69. The molecule has 0 saturated heterocycles. The molecule has 0 saturated carbocycles. The molecule has 0 aliphatic heterocycles. The van der Waals surface area contributed by atoms with Crippen molar-refractivity contribution in [1.29, 1.82) is 0 Å². The Balaban J connectivity index is 2.76. The molecule has 0 fully saturated rings. The first kappa shape index (κ1) is 13.0. The van der Waals surface area contributed by atoms with Crippen molar-refractivity contribution in [3.8, 4) is 0 Å². The molecule has 1 aromatic carbocycles. The largest absolute Gasteiger partial charge is 0.379 e. The van der Waals surface area contributed by atoms with Crippen LogP contribution in [0.5, 0.6) is 0 Å². The lowest BCUT2D eigenvalue weighted by Crippen LogP contribution is -2.06. The van der Waals surface area contributed by atoms with E-state index in [1.54, 1.807) is 12.1 Å². The highest BCUT2D eigenvalue weighted by molar-refractivity contribution is 9.10. The Kier molecular flexibility index (Phi) is 4.73. The Bertz CT molecular complexity index is 380. The van der Waals surface area contributed by atoms with Crippen LogP contribution in [0.25, 0.3) is 0 Å². The van der Waals surface area contributed by atoms with Gasteiger partial charge in [-0.1, -0.05) is 29.8 Å². The Hall–Kier alpha value is -1.10. The minimum atomic E-state index is -0.371. The number of hydrogen-bond donors (Lipinski definition) is 1. The minimum Gasteiger partial charge on any atom is -0.379 e. The van der Waals surface area contributed by atoms with Gasteiger partial charge in [-0.2, -0.15) is 0 Å². The van der Waals surface area contributed by atoms with Crippen LogP contribution < -0.4 is 5.32 Å². The van der Waals surface area contributed by atoms with E-state index in [-0.39, 0.29) is 10.6 Å². The molecule has 0 bridgehead atoms. The summed E-state index contributed by atoms with van der Waals surface area (Å²) < 4.78 is 0.838. The van der Waals surface area contributed by atoms with Crippen LogP contribution in [-0.4, -0.2) is 11.5 Å². The topological polar surface area (TPSA) is 55.2 Å². The molecular weight excluding hydrogens is 272 g/mol. The Morgan fingerprint density at radius 1 is 1.50 bits per heavy atom. The summed E-state index contributed by atoms with van der Waals surface area (Å²) in [5.74, 6) is 0.582. The molecule has 0 heterocycles. The summed E-state index contributed by atoms with van der Waals surface area (Å²) in [6.07, 6.45) is 0.990. The van der Waals surface area contributed by atoms with Crippen molar-refractivity contribution >= 4 is 27.3 Å². The highest BCUT2D eigenvalue weighted by Gasteiger charge is 2.13. The third-order valence-electron chi connectivity index (χ3n) is 2.19. The van der Waals surface area contributed by atoms with E-state index in [4.69, 9.17) is 0 Å². The smallest absolute Gasteiger partial charge is 0.292 e. The molecule has 1 rings (SSSR count). The lowest BCUT2D eigenvalue weighted by molar-refractivity contribution is -0.384. The predicted molar refractivity (Wildman–Crippen MR) is 68.7 cm³/mol. The summed E-state index contributed by atoms with van der Waals surface area (Å²) in [6.45, 7) is 4.99. The molecule has 88 valence electrons. The summed E-state index contributed by atoms with van der Waals surface area (Å²) in [7, 11) is 0. The number of rotatable bonds is 5. The predicted octanol–water partition coefficient (Wildman–Crippen LogP) is 3.82. The lowest BCUT2D eigenvalue weighted by Gasteiger charge is -2.09. The summed E-state index contributed by atoms with van der Waals surface area (Å²) in [6, 6.07) is 4.91. The molecule has 0 atom stereocenters. The van der Waals surface area contributed by atoms with E-state index < -0.39 is 0 Å². The van der Waals surface area contributed by atoms with Crippen molar-refractivity contribution < 1.29 is 4.92 Å². The second-order valence-electron chi connectivity index (χ2n) is 4.03. The second kappa shape index (κ2) is 5.84. The second-order valence-corrected chi connectivity index (χ2v) is 4.94. The monoisotopic (exact) mass is 286 g/mol. The summed E-state index contributed by atoms with van der Waals surface area (Å²) in [4.78, 5) is 10.4. The van der Waals surface area contributed by atoms with Crippen LogP contribution in [0.2, 0.25) is 0 Å². The lowest BCUT2D eigenvalue weighted by atomic mass is 10.1. The van der Waals surface area contributed by atoms with Gasteiger partial charge >= 0.3 is 0 Å². The van der Waals surface area contributed by atoms with E-state index in [1.807, 2.05) is 0 Å². The van der Waals surface area contributed by atoms with Crippen molar-refractivity contribution in [1.82, 2.24) is 0 Å². The zero-order valence-electron chi connectivity index (χ0n) is 9.37. The molecule has 0 spiro atoms. The van der Waals surface area contributed by atoms with Crippen LogP contribution in [0.4, 0.5) is 11.4 Å². The zero-order valence-corrected chi connectivity index (χ0v) is 11.0. The van der Waals surface area contributed by atoms with Crippen molar-refractivity contribution in [3.63, 3.8) is 0 Å². The molecule has 0 aromatic heterocycles. The van der Waals surface area contributed by atoms with E-state index >= 15 is 0 Å². The van der Waals surface area contributed by atoms with Gasteiger partial charge in [0.1, 0.15) is 5.69 Å². The number of nitrogens with zero attached hydrogens (tertiary/aromatic N) is 1. The van der Waals surface area contributed by atoms with Gasteiger partial charge in [-0.3, -0.25) is 10.1 Å². The van der Waals surface area contributed by atoms with Crippen LogP contribution in [0.3, 0.4) is 0 Å². The van der Waals surface area contributed by atoms with Crippen LogP contribution in [-0.2, 0) is 0 Å². The highest BCUT2D eigenvalue weighted by Crippen LogP contribution is 2.27. The van der Waals surface area contributed by atoms with Gasteiger partial charge in [0.25, 0.3) is 5.69 Å². The molecule has 0 unspecified atom stereocenters. The van der Waals surface area contributed by atoms with Gasteiger partial charge in [0.2, 0.25) is 0 Å². The first-order valence-corrected chi connectivity index (χ1v) is 5.98. The zero-order chi connectivity index (χ0) is 12.1. The molecule has 4 nitrogen and oxygen atoms in total. The fraction of sp³-hybridized carbons (Fsp3) is 0.455. The molecule has 16 heavy (non-hydrogen) atoms. The maximum atomic E-state index is 10.8. The number of nitro benzene ring substituents is 1. The number of anilines is 1. The summed E-state index contributed by atoms with van der Waals surface area (Å²) >= 11 is 3.30. The quantitative estimate of drug-likeness (QED) is 0.661. The van der Waals surface area contributed by atoms with E-state index in [0.717, 1.165) is 17.4 Å². The van der Waals surface area contributed by atoms with Gasteiger partial charge < -0.3 is 5.32 Å². The van der Waals surface area contributed by atoms with Crippen molar-refractivity contribution in [2.75, 3.05) is 11.9 Å². The van der Waals surface area contributed by atoms with Gasteiger partial charge in [0.15, 0.2) is 0 Å². The van der Waals surface area contributed by atoms with Gasteiger partial charge in [-0.25, -0.2) is 0 Å². The summed E-state index contributed by atoms with van der Waals surface area (Å²) in [5.41, 5.74) is 0.687. The Morgan fingerprint density at radius 3 is 2.75 bits per heavy atom. The van der Waals surface area contributed by atoms with E-state index in [0.29, 0.717) is 11.6 Å². The number of nitro groups is 1. The maximum absolute atomic E-state index is 10.8.